The monoisotopic (exact) mass is 276 g/mol. The molecule has 0 unspecified atom stereocenters. The summed E-state index contributed by atoms with van der Waals surface area (Å²) >= 11 is 0. The van der Waals surface area contributed by atoms with Crippen LogP contribution in [0.25, 0.3) is 5.69 Å². The van der Waals surface area contributed by atoms with Crippen molar-refractivity contribution >= 4 is 0 Å². The van der Waals surface area contributed by atoms with Crippen molar-refractivity contribution in [3.63, 3.8) is 0 Å². The normalized spacial score (nSPS) is 16.9. The SMILES string of the molecule is c1ccc(C[C@@H]2CCc3nn(-c4ccccc4)c[n+]32)cc1. The van der Waals surface area contributed by atoms with Gasteiger partial charge in [-0.15, -0.1) is 0 Å². The second kappa shape index (κ2) is 5.17. The van der Waals surface area contributed by atoms with Crippen LogP contribution in [0.5, 0.6) is 0 Å². The largest absolute Gasteiger partial charge is 0.278 e. The van der Waals surface area contributed by atoms with Crippen LogP contribution in [0.2, 0.25) is 0 Å². The van der Waals surface area contributed by atoms with Crippen molar-refractivity contribution < 1.29 is 4.57 Å². The van der Waals surface area contributed by atoms with E-state index in [1.807, 2.05) is 22.9 Å². The van der Waals surface area contributed by atoms with E-state index in [4.69, 9.17) is 5.10 Å². The van der Waals surface area contributed by atoms with Crippen LogP contribution in [0.4, 0.5) is 0 Å². The predicted molar refractivity (Wildman–Crippen MR) is 81.3 cm³/mol. The molecule has 0 N–H and O–H groups in total. The molecule has 0 fully saturated rings. The number of benzene rings is 2. The number of fused-ring (bicyclic) bond motifs is 1. The fraction of sp³-hybridized carbons (Fsp3) is 0.222. The summed E-state index contributed by atoms with van der Waals surface area (Å²) < 4.78 is 4.34. The molecule has 3 aromatic rings. The fourth-order valence-corrected chi connectivity index (χ4v) is 3.10. The van der Waals surface area contributed by atoms with Crippen molar-refractivity contribution in [2.45, 2.75) is 25.3 Å². The zero-order valence-electron chi connectivity index (χ0n) is 11.9. The highest BCUT2D eigenvalue weighted by atomic mass is 15.4. The number of rotatable bonds is 3. The Bertz CT molecular complexity index is 732. The van der Waals surface area contributed by atoms with Gasteiger partial charge in [-0.1, -0.05) is 53.2 Å². The first-order chi connectivity index (χ1) is 10.4. The molecule has 3 heteroatoms. The van der Waals surface area contributed by atoms with Crippen LogP contribution in [-0.4, -0.2) is 9.78 Å². The average Bonchev–Trinajstić information content (AvgIpc) is 3.11. The maximum absolute atomic E-state index is 4.73. The summed E-state index contributed by atoms with van der Waals surface area (Å²) in [6.45, 7) is 0. The van der Waals surface area contributed by atoms with Crippen LogP contribution in [0.15, 0.2) is 67.0 Å². The Balaban J connectivity index is 1.62. The van der Waals surface area contributed by atoms with Crippen molar-refractivity contribution in [2.75, 3.05) is 0 Å². The first-order valence-electron chi connectivity index (χ1n) is 7.49. The molecule has 0 bridgehead atoms. The first kappa shape index (κ1) is 12.3. The molecule has 1 aliphatic rings. The predicted octanol–water partition coefficient (Wildman–Crippen LogP) is 2.89. The molecule has 1 aliphatic heterocycles. The molecule has 0 radical (unpaired) electrons. The molecular weight excluding hydrogens is 258 g/mol. The number of aryl methyl sites for hydroxylation is 1. The Kier molecular flexibility index (Phi) is 3.03. The van der Waals surface area contributed by atoms with Crippen molar-refractivity contribution in [1.29, 1.82) is 0 Å². The van der Waals surface area contributed by atoms with E-state index < -0.39 is 0 Å². The second-order valence-electron chi connectivity index (χ2n) is 5.60. The lowest BCUT2D eigenvalue weighted by atomic mass is 10.0. The van der Waals surface area contributed by atoms with Gasteiger partial charge in [0, 0.05) is 17.9 Å². The van der Waals surface area contributed by atoms with E-state index in [0.717, 1.165) is 18.5 Å². The summed E-state index contributed by atoms with van der Waals surface area (Å²) in [7, 11) is 0. The number of para-hydroxylation sites is 1. The van der Waals surface area contributed by atoms with E-state index >= 15 is 0 Å². The minimum absolute atomic E-state index is 0.528. The third kappa shape index (κ3) is 2.35. The highest BCUT2D eigenvalue weighted by molar-refractivity contribution is 5.29. The molecule has 21 heavy (non-hydrogen) atoms. The summed E-state index contributed by atoms with van der Waals surface area (Å²) in [5, 5.41) is 4.73. The Morgan fingerprint density at radius 2 is 1.71 bits per heavy atom. The summed E-state index contributed by atoms with van der Waals surface area (Å²) in [4.78, 5) is 0. The third-order valence-corrected chi connectivity index (χ3v) is 4.18. The molecule has 104 valence electrons. The maximum atomic E-state index is 4.73. The van der Waals surface area contributed by atoms with Crippen LogP contribution in [-0.2, 0) is 12.8 Å². The summed E-state index contributed by atoms with van der Waals surface area (Å²) in [5.41, 5.74) is 2.52. The van der Waals surface area contributed by atoms with Gasteiger partial charge in [-0.2, -0.15) is 0 Å². The van der Waals surface area contributed by atoms with Gasteiger partial charge < -0.3 is 0 Å². The van der Waals surface area contributed by atoms with Gasteiger partial charge >= 0.3 is 0 Å². The molecule has 4 rings (SSSR count). The van der Waals surface area contributed by atoms with Gasteiger partial charge in [0.25, 0.3) is 5.82 Å². The molecule has 0 saturated heterocycles. The lowest BCUT2D eigenvalue weighted by Crippen LogP contribution is -2.37. The molecule has 2 heterocycles. The summed E-state index contributed by atoms with van der Waals surface area (Å²) in [6.07, 6.45) is 5.48. The number of hydrogen-bond donors (Lipinski definition) is 0. The zero-order chi connectivity index (χ0) is 14.1. The Morgan fingerprint density at radius 3 is 2.48 bits per heavy atom. The number of nitrogens with zero attached hydrogens (tertiary/aromatic N) is 3. The third-order valence-electron chi connectivity index (χ3n) is 4.18. The van der Waals surface area contributed by atoms with Gasteiger partial charge in [0.2, 0.25) is 6.33 Å². The van der Waals surface area contributed by atoms with Crippen LogP contribution >= 0.6 is 0 Å². The average molecular weight is 276 g/mol. The molecule has 0 amide bonds. The van der Waals surface area contributed by atoms with Gasteiger partial charge in [0.1, 0.15) is 5.69 Å². The van der Waals surface area contributed by atoms with Crippen molar-refractivity contribution in [2.24, 2.45) is 0 Å². The quantitative estimate of drug-likeness (QED) is 0.674. The fourth-order valence-electron chi connectivity index (χ4n) is 3.10. The van der Waals surface area contributed by atoms with Crippen molar-refractivity contribution in [1.82, 2.24) is 9.78 Å². The van der Waals surface area contributed by atoms with Crippen LogP contribution in [0, 0.1) is 0 Å². The summed E-state index contributed by atoms with van der Waals surface area (Å²) in [6, 6.07) is 21.6. The van der Waals surface area contributed by atoms with E-state index in [1.54, 1.807) is 0 Å². The van der Waals surface area contributed by atoms with Crippen molar-refractivity contribution in [3.8, 4) is 5.69 Å². The second-order valence-corrected chi connectivity index (χ2v) is 5.60. The molecular formula is C18H18N3+. The van der Waals surface area contributed by atoms with E-state index in [-0.39, 0.29) is 0 Å². The standard InChI is InChI=1S/C18H18N3/c1-3-7-15(8-4-1)13-17-11-12-18-19-21(14-20(17)18)16-9-5-2-6-10-16/h1-10,14,17H,11-13H2/q+1/t17-/m0/s1. The topological polar surface area (TPSA) is 21.7 Å². The highest BCUT2D eigenvalue weighted by Crippen LogP contribution is 2.21. The zero-order valence-corrected chi connectivity index (χ0v) is 11.9. The van der Waals surface area contributed by atoms with Gasteiger partial charge in [0.05, 0.1) is 6.04 Å². The number of aromatic nitrogens is 3. The minimum Gasteiger partial charge on any atom is -0.231 e. The van der Waals surface area contributed by atoms with Gasteiger partial charge in [-0.3, -0.25) is 0 Å². The highest BCUT2D eigenvalue weighted by Gasteiger charge is 2.31. The van der Waals surface area contributed by atoms with E-state index in [2.05, 4.69) is 53.4 Å². The lowest BCUT2D eigenvalue weighted by Gasteiger charge is -2.08. The Labute approximate surface area is 124 Å². The van der Waals surface area contributed by atoms with Crippen LogP contribution in [0.3, 0.4) is 0 Å². The van der Waals surface area contributed by atoms with E-state index in [1.165, 1.54) is 17.8 Å². The molecule has 3 nitrogen and oxygen atoms in total. The Hall–Kier alpha value is -2.42. The summed E-state index contributed by atoms with van der Waals surface area (Å²) in [5.74, 6) is 1.19. The lowest BCUT2D eigenvalue weighted by molar-refractivity contribution is -0.716. The van der Waals surface area contributed by atoms with E-state index in [0.29, 0.717) is 6.04 Å². The van der Waals surface area contributed by atoms with Crippen LogP contribution in [0.1, 0.15) is 23.9 Å². The maximum Gasteiger partial charge on any atom is 0.278 e. The van der Waals surface area contributed by atoms with Gasteiger partial charge in [0.15, 0.2) is 0 Å². The molecule has 1 aromatic heterocycles. The van der Waals surface area contributed by atoms with Crippen LogP contribution < -0.4 is 4.57 Å². The molecule has 0 spiro atoms. The first-order valence-corrected chi connectivity index (χ1v) is 7.49. The molecule has 0 saturated carbocycles. The van der Waals surface area contributed by atoms with Crippen molar-refractivity contribution in [3.05, 3.63) is 78.4 Å². The molecule has 0 aliphatic carbocycles. The van der Waals surface area contributed by atoms with Gasteiger partial charge in [-0.05, 0) is 24.1 Å². The van der Waals surface area contributed by atoms with E-state index in [9.17, 15) is 0 Å². The Morgan fingerprint density at radius 1 is 1.00 bits per heavy atom. The number of hydrogen-bond acceptors (Lipinski definition) is 1. The minimum atomic E-state index is 0.528. The van der Waals surface area contributed by atoms with Gasteiger partial charge in [-0.25, -0.2) is 4.57 Å². The smallest absolute Gasteiger partial charge is 0.231 e. The molecule has 1 atom stereocenters. The molecule has 2 aromatic carbocycles.